The second kappa shape index (κ2) is 7.33. The van der Waals surface area contributed by atoms with Crippen molar-refractivity contribution in [3.05, 3.63) is 15.6 Å². The summed E-state index contributed by atoms with van der Waals surface area (Å²) >= 11 is 1.68. The Bertz CT molecular complexity index is 486. The van der Waals surface area contributed by atoms with Crippen LogP contribution in [-0.2, 0) is 17.8 Å². The highest BCUT2D eigenvalue weighted by Crippen LogP contribution is 2.18. The van der Waals surface area contributed by atoms with Gasteiger partial charge in [-0.15, -0.1) is 11.3 Å². The van der Waals surface area contributed by atoms with Crippen molar-refractivity contribution < 1.29 is 4.79 Å². The fourth-order valence-electron chi connectivity index (χ4n) is 2.74. The van der Waals surface area contributed by atoms with Gasteiger partial charge < -0.3 is 10.2 Å². The maximum absolute atomic E-state index is 12.1. The van der Waals surface area contributed by atoms with Gasteiger partial charge in [0.2, 0.25) is 5.91 Å². The van der Waals surface area contributed by atoms with Gasteiger partial charge in [-0.3, -0.25) is 9.69 Å². The smallest absolute Gasteiger partial charge is 0.234 e. The average molecular weight is 310 g/mol. The third-order valence-corrected chi connectivity index (χ3v) is 5.02. The number of nitrogens with zero attached hydrogens (tertiary/aromatic N) is 3. The van der Waals surface area contributed by atoms with Crippen LogP contribution in [0.2, 0.25) is 0 Å². The molecule has 2 heterocycles. The van der Waals surface area contributed by atoms with E-state index >= 15 is 0 Å². The first-order valence-electron chi connectivity index (χ1n) is 7.60. The summed E-state index contributed by atoms with van der Waals surface area (Å²) in [5.41, 5.74) is 1.12. The van der Waals surface area contributed by atoms with Gasteiger partial charge in [-0.25, -0.2) is 4.98 Å². The highest BCUT2D eigenvalue weighted by molar-refractivity contribution is 7.11. The molecule has 21 heavy (non-hydrogen) atoms. The Hall–Kier alpha value is -0.980. The van der Waals surface area contributed by atoms with E-state index < -0.39 is 0 Å². The third-order valence-electron chi connectivity index (χ3n) is 4.01. The zero-order chi connectivity index (χ0) is 15.4. The summed E-state index contributed by atoms with van der Waals surface area (Å²) in [5, 5.41) is 4.11. The van der Waals surface area contributed by atoms with Gasteiger partial charge >= 0.3 is 0 Å². The third kappa shape index (κ3) is 4.49. The van der Waals surface area contributed by atoms with Crippen molar-refractivity contribution in [3.63, 3.8) is 0 Å². The quantitative estimate of drug-likeness (QED) is 0.859. The van der Waals surface area contributed by atoms with Crippen LogP contribution in [0.25, 0.3) is 0 Å². The second-order valence-corrected chi connectivity index (χ2v) is 7.16. The SMILES string of the molecule is CCc1nc(C)sc1CNC(=O)CN1CC[C@H](N(C)C)C1. The zero-order valence-electron chi connectivity index (χ0n) is 13.5. The Morgan fingerprint density at radius 2 is 2.29 bits per heavy atom. The molecule has 1 saturated heterocycles. The predicted octanol–water partition coefficient (Wildman–Crippen LogP) is 1.27. The van der Waals surface area contributed by atoms with Crippen molar-refractivity contribution in [3.8, 4) is 0 Å². The highest BCUT2D eigenvalue weighted by Gasteiger charge is 2.25. The number of carbonyl (C=O) groups excluding carboxylic acids is 1. The molecule has 0 aromatic carbocycles. The molecule has 6 heteroatoms. The number of likely N-dealkylation sites (tertiary alicyclic amines) is 1. The van der Waals surface area contributed by atoms with E-state index in [1.165, 1.54) is 4.88 Å². The molecule has 1 aromatic heterocycles. The lowest BCUT2D eigenvalue weighted by Crippen LogP contribution is -2.38. The molecule has 0 radical (unpaired) electrons. The fraction of sp³-hybridized carbons (Fsp3) is 0.733. The summed E-state index contributed by atoms with van der Waals surface area (Å²) in [6.07, 6.45) is 2.07. The first-order valence-corrected chi connectivity index (χ1v) is 8.42. The first kappa shape index (κ1) is 16.4. The van der Waals surface area contributed by atoms with Gasteiger partial charge in [0.1, 0.15) is 0 Å². The molecule has 1 aliphatic rings. The van der Waals surface area contributed by atoms with Crippen LogP contribution in [0.3, 0.4) is 0 Å². The van der Waals surface area contributed by atoms with E-state index in [1.54, 1.807) is 11.3 Å². The molecular weight excluding hydrogens is 284 g/mol. The molecule has 0 spiro atoms. The minimum absolute atomic E-state index is 0.113. The number of thiazole rings is 1. The summed E-state index contributed by atoms with van der Waals surface area (Å²) in [5.74, 6) is 0.113. The van der Waals surface area contributed by atoms with Gasteiger partial charge in [-0.05, 0) is 33.9 Å². The Balaban J connectivity index is 1.77. The fourth-order valence-corrected chi connectivity index (χ4v) is 3.71. The molecular formula is C15H26N4OS. The topological polar surface area (TPSA) is 48.5 Å². The van der Waals surface area contributed by atoms with Crippen molar-refractivity contribution in [2.75, 3.05) is 33.7 Å². The first-order chi connectivity index (χ1) is 9.99. The minimum Gasteiger partial charge on any atom is -0.350 e. The monoisotopic (exact) mass is 310 g/mol. The van der Waals surface area contributed by atoms with E-state index in [1.807, 2.05) is 6.92 Å². The number of rotatable bonds is 6. The van der Waals surface area contributed by atoms with Crippen LogP contribution in [0, 0.1) is 6.92 Å². The van der Waals surface area contributed by atoms with Gasteiger partial charge in [0.05, 0.1) is 23.8 Å². The van der Waals surface area contributed by atoms with Gasteiger partial charge in [0.15, 0.2) is 0 Å². The van der Waals surface area contributed by atoms with Gasteiger partial charge in [0.25, 0.3) is 0 Å². The van der Waals surface area contributed by atoms with Crippen molar-refractivity contribution in [1.82, 2.24) is 20.1 Å². The number of hydrogen-bond donors (Lipinski definition) is 1. The Morgan fingerprint density at radius 1 is 1.52 bits per heavy atom. The summed E-state index contributed by atoms with van der Waals surface area (Å²) in [6.45, 7) is 7.23. The standard InChI is InChI=1S/C15H26N4OS/c1-5-13-14(21-11(2)17-13)8-16-15(20)10-19-7-6-12(9-19)18(3)4/h12H,5-10H2,1-4H3,(H,16,20)/t12-/m0/s1. The Morgan fingerprint density at radius 3 is 2.90 bits per heavy atom. The summed E-state index contributed by atoms with van der Waals surface area (Å²) < 4.78 is 0. The molecule has 0 aliphatic carbocycles. The van der Waals surface area contributed by atoms with Crippen molar-refractivity contribution >= 4 is 17.2 Å². The van der Waals surface area contributed by atoms with E-state index in [2.05, 4.69) is 41.1 Å². The van der Waals surface area contributed by atoms with E-state index in [0.29, 0.717) is 19.1 Å². The van der Waals surface area contributed by atoms with Crippen molar-refractivity contribution in [1.29, 1.82) is 0 Å². The second-order valence-electron chi connectivity index (χ2n) is 5.87. The predicted molar refractivity (Wildman–Crippen MR) is 86.6 cm³/mol. The maximum atomic E-state index is 12.1. The van der Waals surface area contributed by atoms with Crippen LogP contribution < -0.4 is 5.32 Å². The van der Waals surface area contributed by atoms with E-state index in [0.717, 1.165) is 36.6 Å². The molecule has 1 atom stereocenters. The summed E-state index contributed by atoms with van der Waals surface area (Å²) in [4.78, 5) is 22.2. The molecule has 5 nitrogen and oxygen atoms in total. The van der Waals surface area contributed by atoms with Crippen LogP contribution in [0.5, 0.6) is 0 Å². The van der Waals surface area contributed by atoms with E-state index in [-0.39, 0.29) is 5.91 Å². The summed E-state index contributed by atoms with van der Waals surface area (Å²) in [7, 11) is 4.21. The Kier molecular flexibility index (Phi) is 5.72. The molecule has 0 unspecified atom stereocenters. The number of nitrogens with one attached hydrogen (secondary N) is 1. The minimum atomic E-state index is 0.113. The van der Waals surface area contributed by atoms with Crippen LogP contribution >= 0.6 is 11.3 Å². The zero-order valence-corrected chi connectivity index (χ0v) is 14.3. The lowest BCUT2D eigenvalue weighted by molar-refractivity contribution is -0.122. The van der Waals surface area contributed by atoms with Crippen molar-refractivity contribution in [2.45, 2.75) is 39.3 Å². The Labute approximate surface area is 131 Å². The normalized spacial score (nSPS) is 19.4. The maximum Gasteiger partial charge on any atom is 0.234 e. The van der Waals surface area contributed by atoms with Crippen LogP contribution in [-0.4, -0.2) is 60.5 Å². The van der Waals surface area contributed by atoms with Gasteiger partial charge in [0, 0.05) is 24.0 Å². The van der Waals surface area contributed by atoms with E-state index in [9.17, 15) is 4.79 Å². The molecule has 2 rings (SSSR count). The largest absolute Gasteiger partial charge is 0.350 e. The van der Waals surface area contributed by atoms with Crippen LogP contribution in [0.1, 0.15) is 28.9 Å². The molecule has 118 valence electrons. The highest BCUT2D eigenvalue weighted by atomic mass is 32.1. The average Bonchev–Trinajstić information content (AvgIpc) is 3.02. The number of likely N-dealkylation sites (N-methyl/N-ethyl adjacent to an activating group) is 1. The van der Waals surface area contributed by atoms with Crippen LogP contribution in [0.15, 0.2) is 0 Å². The number of aromatic nitrogens is 1. The van der Waals surface area contributed by atoms with Gasteiger partial charge in [-0.2, -0.15) is 0 Å². The molecule has 0 saturated carbocycles. The number of amides is 1. The molecule has 0 bridgehead atoms. The molecule has 1 aromatic rings. The molecule has 1 aliphatic heterocycles. The van der Waals surface area contributed by atoms with Gasteiger partial charge in [-0.1, -0.05) is 6.92 Å². The number of carbonyl (C=O) groups is 1. The van der Waals surface area contributed by atoms with E-state index in [4.69, 9.17) is 0 Å². The lowest BCUT2D eigenvalue weighted by Gasteiger charge is -2.20. The molecule has 1 amide bonds. The number of hydrogen-bond acceptors (Lipinski definition) is 5. The lowest BCUT2D eigenvalue weighted by atomic mass is 10.2. The molecule has 1 fully saturated rings. The summed E-state index contributed by atoms with van der Waals surface area (Å²) in [6, 6.07) is 0.577. The van der Waals surface area contributed by atoms with Crippen LogP contribution in [0.4, 0.5) is 0 Å². The molecule has 1 N–H and O–H groups in total. The number of aryl methyl sites for hydroxylation is 2. The van der Waals surface area contributed by atoms with Crippen molar-refractivity contribution in [2.24, 2.45) is 0 Å².